The Bertz CT molecular complexity index is 1030. The largest absolute Gasteiger partial charge is 0.493 e. The van der Waals surface area contributed by atoms with Gasteiger partial charge < -0.3 is 18.9 Å². The van der Waals surface area contributed by atoms with Gasteiger partial charge in [0.15, 0.2) is 28.8 Å². The van der Waals surface area contributed by atoms with Gasteiger partial charge in [-0.3, -0.25) is 0 Å². The molecule has 28 heavy (non-hydrogen) atoms. The number of methoxy groups -OCH3 is 2. The van der Waals surface area contributed by atoms with Gasteiger partial charge in [-0.15, -0.1) is 5.10 Å². The van der Waals surface area contributed by atoms with E-state index in [9.17, 15) is 0 Å². The molecule has 3 heterocycles. The van der Waals surface area contributed by atoms with E-state index in [2.05, 4.69) is 21.6 Å². The summed E-state index contributed by atoms with van der Waals surface area (Å²) in [6, 6.07) is 10.2. The Kier molecular flexibility index (Phi) is 4.03. The summed E-state index contributed by atoms with van der Waals surface area (Å²) in [5.74, 6) is 3.72. The molecule has 0 spiro atoms. The molecule has 0 saturated heterocycles. The first-order valence-corrected chi connectivity index (χ1v) is 9.18. The first-order valence-electron chi connectivity index (χ1n) is 9.18. The van der Waals surface area contributed by atoms with E-state index >= 15 is 0 Å². The molecular formula is C20H20N4O4. The van der Waals surface area contributed by atoms with Crippen LogP contribution in [-0.4, -0.2) is 41.2 Å². The Morgan fingerprint density at radius 2 is 1.89 bits per heavy atom. The van der Waals surface area contributed by atoms with Crippen molar-refractivity contribution in [1.29, 1.82) is 0 Å². The van der Waals surface area contributed by atoms with Crippen LogP contribution in [0.2, 0.25) is 0 Å². The average Bonchev–Trinajstić information content (AvgIpc) is 3.37. The standard InChI is InChI=1S/C20H20N4O4/c1-25-17-9-13-4-5-14(7-12-3-6-16-19(8-12)28-11-27-16)24-20(21-22-23-24)15(13)10-18(17)26-2/h3,6,8-10,14H,4-5,7,11H2,1-2H3. The molecule has 8 heteroatoms. The monoisotopic (exact) mass is 380 g/mol. The predicted molar refractivity (Wildman–Crippen MR) is 100.0 cm³/mol. The zero-order chi connectivity index (χ0) is 19.1. The van der Waals surface area contributed by atoms with Crippen LogP contribution in [0.25, 0.3) is 11.4 Å². The van der Waals surface area contributed by atoms with E-state index in [1.54, 1.807) is 14.2 Å². The van der Waals surface area contributed by atoms with Gasteiger partial charge in [-0.05, 0) is 65.1 Å². The minimum Gasteiger partial charge on any atom is -0.493 e. The topological polar surface area (TPSA) is 80.5 Å². The number of tetrazole rings is 1. The summed E-state index contributed by atoms with van der Waals surface area (Å²) in [6.07, 6.45) is 2.60. The fourth-order valence-corrected chi connectivity index (χ4v) is 3.93. The summed E-state index contributed by atoms with van der Waals surface area (Å²) in [7, 11) is 3.28. The van der Waals surface area contributed by atoms with Crippen LogP contribution in [0, 0.1) is 0 Å². The molecule has 0 fully saturated rings. The molecule has 2 aliphatic heterocycles. The van der Waals surface area contributed by atoms with Crippen molar-refractivity contribution in [1.82, 2.24) is 20.2 Å². The van der Waals surface area contributed by atoms with Crippen molar-refractivity contribution in [2.45, 2.75) is 25.3 Å². The first-order chi connectivity index (χ1) is 13.8. The zero-order valence-corrected chi connectivity index (χ0v) is 15.7. The number of hydrogen-bond donors (Lipinski definition) is 0. The van der Waals surface area contributed by atoms with Gasteiger partial charge in [-0.2, -0.15) is 0 Å². The van der Waals surface area contributed by atoms with E-state index in [1.807, 2.05) is 28.9 Å². The van der Waals surface area contributed by atoms with Crippen LogP contribution in [0.4, 0.5) is 0 Å². The van der Waals surface area contributed by atoms with Gasteiger partial charge in [0.2, 0.25) is 6.79 Å². The number of aromatic nitrogens is 4. The molecule has 0 radical (unpaired) electrons. The molecule has 0 aliphatic carbocycles. The maximum absolute atomic E-state index is 5.51. The van der Waals surface area contributed by atoms with Crippen molar-refractivity contribution < 1.29 is 18.9 Å². The third kappa shape index (κ3) is 2.72. The van der Waals surface area contributed by atoms with Crippen molar-refractivity contribution in [3.63, 3.8) is 0 Å². The molecule has 8 nitrogen and oxygen atoms in total. The molecule has 5 rings (SSSR count). The molecule has 3 aromatic rings. The van der Waals surface area contributed by atoms with E-state index in [0.29, 0.717) is 5.75 Å². The number of hydrogen-bond acceptors (Lipinski definition) is 7. The van der Waals surface area contributed by atoms with Gasteiger partial charge in [0.1, 0.15) is 0 Å². The highest BCUT2D eigenvalue weighted by atomic mass is 16.7. The molecule has 0 N–H and O–H groups in total. The second-order valence-corrected chi connectivity index (χ2v) is 6.90. The van der Waals surface area contributed by atoms with Crippen molar-refractivity contribution in [2.24, 2.45) is 0 Å². The average molecular weight is 380 g/mol. The van der Waals surface area contributed by atoms with Crippen LogP contribution < -0.4 is 18.9 Å². The van der Waals surface area contributed by atoms with Crippen LogP contribution in [0.5, 0.6) is 23.0 Å². The smallest absolute Gasteiger partial charge is 0.231 e. The number of ether oxygens (including phenoxy) is 4. The summed E-state index contributed by atoms with van der Waals surface area (Å²) in [5, 5.41) is 12.5. The normalized spacial score (nSPS) is 16.9. The summed E-state index contributed by atoms with van der Waals surface area (Å²) in [5.41, 5.74) is 3.30. The summed E-state index contributed by atoms with van der Waals surface area (Å²) in [6.45, 7) is 0.276. The predicted octanol–water partition coefficient (Wildman–Crippen LogP) is 2.82. The second-order valence-electron chi connectivity index (χ2n) is 6.90. The van der Waals surface area contributed by atoms with Gasteiger partial charge in [-0.25, -0.2) is 4.68 Å². The van der Waals surface area contributed by atoms with Crippen molar-refractivity contribution in [3.8, 4) is 34.4 Å². The van der Waals surface area contributed by atoms with Crippen LogP contribution >= 0.6 is 0 Å². The Morgan fingerprint density at radius 1 is 1.07 bits per heavy atom. The van der Waals surface area contributed by atoms with Gasteiger partial charge in [0, 0.05) is 5.56 Å². The van der Waals surface area contributed by atoms with Crippen LogP contribution in [-0.2, 0) is 12.8 Å². The third-order valence-electron chi connectivity index (χ3n) is 5.34. The third-order valence-corrected chi connectivity index (χ3v) is 5.34. The van der Waals surface area contributed by atoms with E-state index in [1.165, 1.54) is 0 Å². The van der Waals surface area contributed by atoms with Crippen molar-refractivity contribution in [3.05, 3.63) is 41.5 Å². The van der Waals surface area contributed by atoms with Crippen LogP contribution in [0.1, 0.15) is 23.6 Å². The number of benzene rings is 2. The minimum atomic E-state index is 0.134. The maximum atomic E-state index is 5.51. The highest BCUT2D eigenvalue weighted by molar-refractivity contribution is 5.66. The lowest BCUT2D eigenvalue weighted by Crippen LogP contribution is -2.14. The van der Waals surface area contributed by atoms with Gasteiger partial charge >= 0.3 is 0 Å². The Hall–Kier alpha value is -3.29. The number of aryl methyl sites for hydroxylation is 1. The molecule has 0 saturated carbocycles. The molecule has 2 aliphatic rings. The molecule has 2 aromatic carbocycles. The lowest BCUT2D eigenvalue weighted by Gasteiger charge is -2.16. The highest BCUT2D eigenvalue weighted by Crippen LogP contribution is 2.40. The van der Waals surface area contributed by atoms with Gasteiger partial charge in [0.05, 0.1) is 20.3 Å². The lowest BCUT2D eigenvalue weighted by atomic mass is 9.98. The molecule has 1 aromatic heterocycles. The summed E-state index contributed by atoms with van der Waals surface area (Å²) < 4.78 is 23.8. The van der Waals surface area contributed by atoms with Crippen molar-refractivity contribution in [2.75, 3.05) is 21.0 Å². The zero-order valence-electron chi connectivity index (χ0n) is 15.7. The van der Waals surface area contributed by atoms with E-state index in [-0.39, 0.29) is 12.8 Å². The van der Waals surface area contributed by atoms with Crippen LogP contribution in [0.15, 0.2) is 30.3 Å². The van der Waals surface area contributed by atoms with Gasteiger partial charge in [0.25, 0.3) is 0 Å². The summed E-state index contributed by atoms with van der Waals surface area (Å²) in [4.78, 5) is 0. The molecular weight excluding hydrogens is 360 g/mol. The Balaban J connectivity index is 1.51. The van der Waals surface area contributed by atoms with Gasteiger partial charge in [-0.1, -0.05) is 6.07 Å². The highest BCUT2D eigenvalue weighted by Gasteiger charge is 2.27. The van der Waals surface area contributed by atoms with Crippen molar-refractivity contribution >= 4 is 0 Å². The second kappa shape index (κ2) is 6.70. The molecule has 144 valence electrons. The number of rotatable bonds is 4. The quantitative estimate of drug-likeness (QED) is 0.688. The SMILES string of the molecule is COc1cc2c(cc1OC)-c1nnnn1C(Cc1ccc3c(c1)OCO3)CC2. The fourth-order valence-electron chi connectivity index (χ4n) is 3.93. The Morgan fingerprint density at radius 3 is 2.75 bits per heavy atom. The molecule has 0 bridgehead atoms. The van der Waals surface area contributed by atoms with E-state index in [0.717, 1.165) is 59.0 Å². The lowest BCUT2D eigenvalue weighted by molar-refractivity contribution is 0.174. The molecule has 1 unspecified atom stereocenters. The Labute approximate surface area is 162 Å². The van der Waals surface area contributed by atoms with E-state index < -0.39 is 0 Å². The molecule has 0 amide bonds. The summed E-state index contributed by atoms with van der Waals surface area (Å²) >= 11 is 0. The maximum Gasteiger partial charge on any atom is 0.231 e. The van der Waals surface area contributed by atoms with E-state index in [4.69, 9.17) is 18.9 Å². The first kappa shape index (κ1) is 16.9. The fraction of sp³-hybridized carbons (Fsp3) is 0.350. The number of fused-ring (bicyclic) bond motifs is 4. The molecule has 1 atom stereocenters. The number of nitrogens with zero attached hydrogens (tertiary/aromatic N) is 4. The van der Waals surface area contributed by atoms with Crippen LogP contribution in [0.3, 0.4) is 0 Å². The minimum absolute atomic E-state index is 0.134.